The first-order valence-corrected chi connectivity index (χ1v) is 10.0. The van der Waals surface area contributed by atoms with Crippen molar-refractivity contribution < 1.29 is 9.53 Å². The van der Waals surface area contributed by atoms with E-state index < -0.39 is 0 Å². The van der Waals surface area contributed by atoms with Gasteiger partial charge < -0.3 is 4.74 Å². The molecule has 0 bridgehead atoms. The molecule has 2 nitrogen and oxygen atoms in total. The van der Waals surface area contributed by atoms with Crippen LogP contribution >= 0.6 is 0 Å². The Labute approximate surface area is 145 Å². The van der Waals surface area contributed by atoms with Crippen molar-refractivity contribution >= 4 is 5.97 Å². The van der Waals surface area contributed by atoms with E-state index in [4.69, 9.17) is 4.74 Å². The molecule has 0 aliphatic heterocycles. The highest BCUT2D eigenvalue weighted by molar-refractivity contribution is 5.81. The Morgan fingerprint density at radius 1 is 0.870 bits per heavy atom. The molecule has 0 aromatic carbocycles. The quantitative estimate of drug-likeness (QED) is 0.177. The van der Waals surface area contributed by atoms with Gasteiger partial charge in [-0.05, 0) is 25.2 Å². The number of unbranched alkanes of at least 4 members (excludes halogenated alkanes) is 6. The number of hydrogen-bond acceptors (Lipinski definition) is 2. The summed E-state index contributed by atoms with van der Waals surface area (Å²) in [5.74, 6) is 0.442. The fourth-order valence-electron chi connectivity index (χ4n) is 3.26. The summed E-state index contributed by atoms with van der Waals surface area (Å²) in [4.78, 5) is 11.6. The van der Waals surface area contributed by atoms with Crippen molar-refractivity contribution in [2.75, 3.05) is 0 Å². The molecule has 0 saturated carbocycles. The molecule has 136 valence electrons. The minimum atomic E-state index is -0.257. The third-order valence-corrected chi connectivity index (χ3v) is 4.59. The van der Waals surface area contributed by atoms with Crippen molar-refractivity contribution in [1.29, 1.82) is 0 Å². The SMILES string of the molecule is C=CC(=O)OC(CCCCCCC)CC(CCC)CCCCC. The highest BCUT2D eigenvalue weighted by atomic mass is 16.5. The van der Waals surface area contributed by atoms with E-state index in [-0.39, 0.29) is 12.1 Å². The minimum Gasteiger partial charge on any atom is -0.459 e. The Morgan fingerprint density at radius 2 is 1.48 bits per heavy atom. The van der Waals surface area contributed by atoms with Crippen LogP contribution in [0.3, 0.4) is 0 Å². The predicted octanol–water partition coefficient (Wildman–Crippen LogP) is 6.83. The Balaban J connectivity index is 4.35. The van der Waals surface area contributed by atoms with Crippen LogP contribution in [0, 0.1) is 5.92 Å². The summed E-state index contributed by atoms with van der Waals surface area (Å²) in [6.07, 6.45) is 17.4. The molecular formula is C21H40O2. The highest BCUT2D eigenvalue weighted by Gasteiger charge is 2.18. The summed E-state index contributed by atoms with van der Waals surface area (Å²) < 4.78 is 5.63. The number of esters is 1. The van der Waals surface area contributed by atoms with E-state index >= 15 is 0 Å². The van der Waals surface area contributed by atoms with Crippen molar-refractivity contribution in [1.82, 2.24) is 0 Å². The molecule has 2 atom stereocenters. The highest BCUT2D eigenvalue weighted by Crippen LogP contribution is 2.25. The van der Waals surface area contributed by atoms with Crippen LogP contribution in [0.1, 0.15) is 104 Å². The number of carbonyl (C=O) groups is 1. The molecule has 23 heavy (non-hydrogen) atoms. The van der Waals surface area contributed by atoms with Gasteiger partial charge in [0, 0.05) is 6.08 Å². The largest absolute Gasteiger partial charge is 0.459 e. The third kappa shape index (κ3) is 13.4. The van der Waals surface area contributed by atoms with Gasteiger partial charge in [-0.25, -0.2) is 4.79 Å². The van der Waals surface area contributed by atoms with Crippen LogP contribution in [0.25, 0.3) is 0 Å². The first kappa shape index (κ1) is 22.2. The zero-order valence-corrected chi connectivity index (χ0v) is 15.9. The molecule has 0 aromatic rings. The Bertz CT molecular complexity index is 286. The summed E-state index contributed by atoms with van der Waals surface area (Å²) in [6, 6.07) is 0. The molecule has 0 radical (unpaired) electrons. The molecule has 0 N–H and O–H groups in total. The molecule has 0 amide bonds. The van der Waals surface area contributed by atoms with E-state index in [1.807, 2.05) is 0 Å². The number of rotatable bonds is 16. The van der Waals surface area contributed by atoms with Crippen LogP contribution in [0.2, 0.25) is 0 Å². The fourth-order valence-corrected chi connectivity index (χ4v) is 3.26. The molecule has 0 spiro atoms. The van der Waals surface area contributed by atoms with E-state index in [9.17, 15) is 4.79 Å². The van der Waals surface area contributed by atoms with Crippen molar-refractivity contribution in [2.24, 2.45) is 5.92 Å². The average Bonchev–Trinajstić information content (AvgIpc) is 2.54. The van der Waals surface area contributed by atoms with Gasteiger partial charge in [-0.2, -0.15) is 0 Å². The molecule has 0 aromatic heterocycles. The standard InChI is InChI=1S/C21H40O2/c1-5-9-11-12-14-17-20(23-21(22)8-4)18-19(15-7-3)16-13-10-6-2/h8,19-20H,4-7,9-18H2,1-3H3. The van der Waals surface area contributed by atoms with E-state index in [2.05, 4.69) is 27.4 Å². The van der Waals surface area contributed by atoms with Crippen LogP contribution < -0.4 is 0 Å². The molecule has 0 heterocycles. The average molecular weight is 325 g/mol. The van der Waals surface area contributed by atoms with Crippen LogP contribution in [-0.4, -0.2) is 12.1 Å². The molecule has 2 heteroatoms. The van der Waals surface area contributed by atoms with Crippen LogP contribution in [0.15, 0.2) is 12.7 Å². The Hall–Kier alpha value is -0.790. The van der Waals surface area contributed by atoms with E-state index in [1.54, 1.807) is 0 Å². The Kier molecular flexibility index (Phi) is 15.5. The topological polar surface area (TPSA) is 26.3 Å². The molecule has 0 aliphatic rings. The second kappa shape index (κ2) is 16.1. The predicted molar refractivity (Wildman–Crippen MR) is 101 cm³/mol. The first-order valence-electron chi connectivity index (χ1n) is 10.0. The lowest BCUT2D eigenvalue weighted by Crippen LogP contribution is -2.21. The summed E-state index contributed by atoms with van der Waals surface area (Å²) in [7, 11) is 0. The molecule has 2 unspecified atom stereocenters. The zero-order chi connectivity index (χ0) is 17.3. The number of ether oxygens (including phenoxy) is 1. The molecule has 0 rings (SSSR count). The van der Waals surface area contributed by atoms with E-state index in [1.165, 1.54) is 76.7 Å². The van der Waals surface area contributed by atoms with Gasteiger partial charge in [0.15, 0.2) is 0 Å². The summed E-state index contributed by atoms with van der Waals surface area (Å²) in [5.41, 5.74) is 0. The van der Waals surface area contributed by atoms with Crippen LogP contribution in [0.4, 0.5) is 0 Å². The molecular weight excluding hydrogens is 284 g/mol. The van der Waals surface area contributed by atoms with Gasteiger partial charge in [-0.15, -0.1) is 0 Å². The number of carbonyl (C=O) groups excluding carboxylic acids is 1. The van der Waals surface area contributed by atoms with Crippen molar-refractivity contribution in [2.45, 2.75) is 110 Å². The fraction of sp³-hybridized carbons (Fsp3) is 0.857. The summed E-state index contributed by atoms with van der Waals surface area (Å²) >= 11 is 0. The van der Waals surface area contributed by atoms with Crippen LogP contribution in [0.5, 0.6) is 0 Å². The minimum absolute atomic E-state index is 0.0836. The summed E-state index contributed by atoms with van der Waals surface area (Å²) in [5, 5.41) is 0. The molecule has 0 aliphatic carbocycles. The van der Waals surface area contributed by atoms with Gasteiger partial charge in [-0.3, -0.25) is 0 Å². The van der Waals surface area contributed by atoms with E-state index in [0.717, 1.165) is 12.8 Å². The lowest BCUT2D eigenvalue weighted by atomic mass is 9.89. The maximum absolute atomic E-state index is 11.6. The monoisotopic (exact) mass is 324 g/mol. The normalized spacial score (nSPS) is 13.5. The van der Waals surface area contributed by atoms with Crippen molar-refractivity contribution in [3.63, 3.8) is 0 Å². The summed E-state index contributed by atoms with van der Waals surface area (Å²) in [6.45, 7) is 10.3. The smallest absolute Gasteiger partial charge is 0.330 e. The maximum Gasteiger partial charge on any atom is 0.330 e. The van der Waals surface area contributed by atoms with Crippen LogP contribution in [-0.2, 0) is 9.53 Å². The van der Waals surface area contributed by atoms with Gasteiger partial charge in [-0.1, -0.05) is 91.6 Å². The van der Waals surface area contributed by atoms with Gasteiger partial charge in [0.2, 0.25) is 0 Å². The van der Waals surface area contributed by atoms with Gasteiger partial charge in [0.1, 0.15) is 6.10 Å². The second-order valence-corrected chi connectivity index (χ2v) is 6.85. The Morgan fingerprint density at radius 3 is 2.09 bits per heavy atom. The second-order valence-electron chi connectivity index (χ2n) is 6.85. The maximum atomic E-state index is 11.6. The lowest BCUT2D eigenvalue weighted by molar-refractivity contribution is -0.144. The van der Waals surface area contributed by atoms with E-state index in [0.29, 0.717) is 5.92 Å². The van der Waals surface area contributed by atoms with Crippen molar-refractivity contribution in [3.8, 4) is 0 Å². The van der Waals surface area contributed by atoms with Crippen molar-refractivity contribution in [3.05, 3.63) is 12.7 Å². The first-order chi connectivity index (χ1) is 11.2. The molecule has 0 saturated heterocycles. The van der Waals surface area contributed by atoms with Gasteiger partial charge in [0.25, 0.3) is 0 Å². The number of hydrogen-bond donors (Lipinski definition) is 0. The van der Waals surface area contributed by atoms with Gasteiger partial charge in [0.05, 0.1) is 0 Å². The zero-order valence-electron chi connectivity index (χ0n) is 15.9. The lowest BCUT2D eigenvalue weighted by Gasteiger charge is -2.23. The van der Waals surface area contributed by atoms with Gasteiger partial charge >= 0.3 is 5.97 Å². The molecule has 0 fully saturated rings. The third-order valence-electron chi connectivity index (χ3n) is 4.59.